The number of fused-ring (bicyclic) bond motifs is 1. The fraction of sp³-hybridized carbons (Fsp3) is 0.438. The summed E-state index contributed by atoms with van der Waals surface area (Å²) in [5, 5.41) is 0. The van der Waals surface area contributed by atoms with Crippen LogP contribution in [0, 0.1) is 5.92 Å². The SMILES string of the molecule is CCOC(=O)C1CCN(C(=O)c2cccc3[nH]cnc23)CC1. The van der Waals surface area contributed by atoms with E-state index in [0.717, 1.165) is 5.52 Å². The molecule has 0 unspecified atom stereocenters. The number of likely N-dealkylation sites (tertiary alicyclic amines) is 1. The number of benzene rings is 1. The van der Waals surface area contributed by atoms with Crippen LogP contribution in [0.15, 0.2) is 24.5 Å². The molecule has 2 aromatic rings. The van der Waals surface area contributed by atoms with Crippen molar-refractivity contribution in [2.75, 3.05) is 19.7 Å². The molecule has 6 heteroatoms. The van der Waals surface area contributed by atoms with Crippen molar-refractivity contribution in [2.24, 2.45) is 5.92 Å². The maximum absolute atomic E-state index is 12.7. The molecule has 3 rings (SSSR count). The molecule has 6 nitrogen and oxygen atoms in total. The number of imidazole rings is 1. The second-order valence-corrected chi connectivity index (χ2v) is 5.42. The van der Waals surface area contributed by atoms with Gasteiger partial charge in [-0.3, -0.25) is 9.59 Å². The molecule has 22 heavy (non-hydrogen) atoms. The van der Waals surface area contributed by atoms with E-state index in [1.54, 1.807) is 24.2 Å². The molecule has 1 N–H and O–H groups in total. The molecule has 2 heterocycles. The summed E-state index contributed by atoms with van der Waals surface area (Å²) in [5.41, 5.74) is 2.15. The van der Waals surface area contributed by atoms with Gasteiger partial charge in [0.1, 0.15) is 5.52 Å². The number of H-pyrrole nitrogens is 1. The highest BCUT2D eigenvalue weighted by Crippen LogP contribution is 2.22. The number of carbonyl (C=O) groups excluding carboxylic acids is 2. The van der Waals surface area contributed by atoms with Gasteiger partial charge in [-0.2, -0.15) is 0 Å². The predicted molar refractivity (Wildman–Crippen MR) is 81.4 cm³/mol. The van der Waals surface area contributed by atoms with Gasteiger partial charge in [-0.1, -0.05) is 6.07 Å². The molecule has 1 amide bonds. The largest absolute Gasteiger partial charge is 0.466 e. The summed E-state index contributed by atoms with van der Waals surface area (Å²) in [6.45, 7) is 3.35. The van der Waals surface area contributed by atoms with Gasteiger partial charge in [-0.15, -0.1) is 0 Å². The van der Waals surface area contributed by atoms with Crippen LogP contribution in [0.4, 0.5) is 0 Å². The third-order valence-corrected chi connectivity index (χ3v) is 4.08. The van der Waals surface area contributed by atoms with E-state index >= 15 is 0 Å². The van der Waals surface area contributed by atoms with Gasteiger partial charge in [-0.05, 0) is 31.9 Å². The lowest BCUT2D eigenvalue weighted by molar-refractivity contribution is -0.149. The third-order valence-electron chi connectivity index (χ3n) is 4.08. The summed E-state index contributed by atoms with van der Waals surface area (Å²) in [6, 6.07) is 5.54. The van der Waals surface area contributed by atoms with Crippen molar-refractivity contribution in [3.63, 3.8) is 0 Å². The van der Waals surface area contributed by atoms with Gasteiger partial charge >= 0.3 is 5.97 Å². The van der Waals surface area contributed by atoms with Crippen LogP contribution in [0.1, 0.15) is 30.1 Å². The molecule has 1 aliphatic rings. The molecule has 1 fully saturated rings. The van der Waals surface area contributed by atoms with Gasteiger partial charge in [0.25, 0.3) is 5.91 Å². The summed E-state index contributed by atoms with van der Waals surface area (Å²) in [7, 11) is 0. The van der Waals surface area contributed by atoms with Gasteiger partial charge in [0, 0.05) is 13.1 Å². The minimum absolute atomic E-state index is 0.0278. The lowest BCUT2D eigenvalue weighted by Gasteiger charge is -2.31. The van der Waals surface area contributed by atoms with E-state index in [1.165, 1.54) is 0 Å². The predicted octanol–water partition coefficient (Wildman–Crippen LogP) is 1.98. The lowest BCUT2D eigenvalue weighted by Crippen LogP contribution is -2.40. The minimum atomic E-state index is -0.149. The number of nitrogens with zero attached hydrogens (tertiary/aromatic N) is 2. The normalized spacial score (nSPS) is 16.0. The summed E-state index contributed by atoms with van der Waals surface area (Å²) in [5.74, 6) is -0.269. The second kappa shape index (κ2) is 6.17. The Morgan fingerprint density at radius 1 is 1.36 bits per heavy atom. The molecule has 0 saturated carbocycles. The topological polar surface area (TPSA) is 75.3 Å². The molecule has 0 bridgehead atoms. The van der Waals surface area contributed by atoms with Gasteiger partial charge in [-0.25, -0.2) is 4.98 Å². The zero-order valence-electron chi connectivity index (χ0n) is 12.5. The van der Waals surface area contributed by atoms with Gasteiger partial charge in [0.2, 0.25) is 0 Å². The monoisotopic (exact) mass is 301 g/mol. The summed E-state index contributed by atoms with van der Waals surface area (Å²) >= 11 is 0. The first-order valence-electron chi connectivity index (χ1n) is 7.58. The third kappa shape index (κ3) is 2.68. The number of esters is 1. The number of amides is 1. The van der Waals surface area contributed by atoms with Crippen LogP contribution in [0.3, 0.4) is 0 Å². The Balaban J connectivity index is 1.70. The van der Waals surface area contributed by atoms with Gasteiger partial charge in [0.05, 0.1) is 29.9 Å². The number of aromatic nitrogens is 2. The van der Waals surface area contributed by atoms with Crippen LogP contribution in [0.2, 0.25) is 0 Å². The first-order valence-corrected chi connectivity index (χ1v) is 7.58. The number of piperidine rings is 1. The van der Waals surface area contributed by atoms with E-state index in [-0.39, 0.29) is 17.8 Å². The smallest absolute Gasteiger partial charge is 0.309 e. The molecular formula is C16H19N3O3. The number of ether oxygens (including phenoxy) is 1. The van der Waals surface area contributed by atoms with E-state index < -0.39 is 0 Å². The zero-order chi connectivity index (χ0) is 15.5. The fourth-order valence-electron chi connectivity index (χ4n) is 2.89. The van der Waals surface area contributed by atoms with E-state index in [2.05, 4.69) is 9.97 Å². The summed E-state index contributed by atoms with van der Waals surface area (Å²) < 4.78 is 5.05. The van der Waals surface area contributed by atoms with Crippen molar-refractivity contribution in [3.8, 4) is 0 Å². The van der Waals surface area contributed by atoms with E-state index in [0.29, 0.717) is 43.6 Å². The molecule has 0 spiro atoms. The Morgan fingerprint density at radius 2 is 2.14 bits per heavy atom. The Morgan fingerprint density at radius 3 is 2.86 bits per heavy atom. The Kier molecular flexibility index (Phi) is 4.09. The highest BCUT2D eigenvalue weighted by molar-refractivity contribution is 6.04. The molecular weight excluding hydrogens is 282 g/mol. The van der Waals surface area contributed by atoms with Crippen LogP contribution in [0.5, 0.6) is 0 Å². The van der Waals surface area contributed by atoms with Gasteiger partial charge in [0.15, 0.2) is 0 Å². The van der Waals surface area contributed by atoms with Crippen molar-refractivity contribution in [2.45, 2.75) is 19.8 Å². The zero-order valence-corrected chi connectivity index (χ0v) is 12.5. The Labute approximate surface area is 128 Å². The standard InChI is InChI=1S/C16H19N3O3/c1-2-22-16(21)11-6-8-19(9-7-11)15(20)12-4-3-5-13-14(12)18-10-17-13/h3-5,10-11H,2,6-9H2,1H3,(H,17,18). The van der Waals surface area contributed by atoms with Crippen LogP contribution in [-0.2, 0) is 9.53 Å². The maximum atomic E-state index is 12.7. The average Bonchev–Trinajstić information content (AvgIpc) is 3.03. The number of nitrogens with one attached hydrogen (secondary N) is 1. The van der Waals surface area contributed by atoms with Crippen molar-refractivity contribution < 1.29 is 14.3 Å². The first-order chi connectivity index (χ1) is 10.7. The number of aromatic amines is 1. The Hall–Kier alpha value is -2.37. The highest BCUT2D eigenvalue weighted by atomic mass is 16.5. The number of rotatable bonds is 3. The molecule has 116 valence electrons. The molecule has 0 radical (unpaired) electrons. The van der Waals surface area contributed by atoms with E-state index in [4.69, 9.17) is 4.74 Å². The number of carbonyl (C=O) groups is 2. The molecule has 1 aromatic heterocycles. The lowest BCUT2D eigenvalue weighted by atomic mass is 9.96. The van der Waals surface area contributed by atoms with Crippen LogP contribution >= 0.6 is 0 Å². The second-order valence-electron chi connectivity index (χ2n) is 5.42. The van der Waals surface area contributed by atoms with E-state index in [1.807, 2.05) is 12.1 Å². The Bertz CT molecular complexity index is 687. The summed E-state index contributed by atoms with van der Waals surface area (Å²) in [4.78, 5) is 33.4. The molecule has 0 aliphatic carbocycles. The first kappa shape index (κ1) is 14.6. The van der Waals surface area contributed by atoms with Crippen LogP contribution in [-0.4, -0.2) is 46.4 Å². The average molecular weight is 301 g/mol. The van der Waals surface area contributed by atoms with Crippen molar-refractivity contribution in [1.29, 1.82) is 0 Å². The van der Waals surface area contributed by atoms with Crippen molar-refractivity contribution in [1.82, 2.24) is 14.9 Å². The van der Waals surface area contributed by atoms with Crippen LogP contribution < -0.4 is 0 Å². The summed E-state index contributed by atoms with van der Waals surface area (Å²) in [6.07, 6.45) is 2.90. The highest BCUT2D eigenvalue weighted by Gasteiger charge is 2.29. The maximum Gasteiger partial charge on any atom is 0.309 e. The molecule has 0 atom stereocenters. The molecule has 1 aliphatic heterocycles. The molecule has 1 saturated heterocycles. The number of hydrogen-bond donors (Lipinski definition) is 1. The van der Waals surface area contributed by atoms with E-state index in [9.17, 15) is 9.59 Å². The fourth-order valence-corrected chi connectivity index (χ4v) is 2.89. The molecule has 1 aromatic carbocycles. The minimum Gasteiger partial charge on any atom is -0.466 e. The van der Waals surface area contributed by atoms with Crippen molar-refractivity contribution in [3.05, 3.63) is 30.1 Å². The quantitative estimate of drug-likeness (QED) is 0.880. The number of para-hydroxylation sites is 1. The number of hydrogen-bond acceptors (Lipinski definition) is 4. The van der Waals surface area contributed by atoms with Gasteiger partial charge < -0.3 is 14.6 Å². The van der Waals surface area contributed by atoms with Crippen LogP contribution in [0.25, 0.3) is 11.0 Å². The van der Waals surface area contributed by atoms with Crippen molar-refractivity contribution >= 4 is 22.9 Å².